The Morgan fingerprint density at radius 3 is 2.74 bits per heavy atom. The predicted octanol–water partition coefficient (Wildman–Crippen LogP) is 2.21. The molecule has 1 aromatic carbocycles. The van der Waals surface area contributed by atoms with E-state index in [9.17, 15) is 9.59 Å². The number of anilines is 1. The van der Waals surface area contributed by atoms with Crippen molar-refractivity contribution in [2.75, 3.05) is 31.1 Å². The first kappa shape index (κ1) is 13.9. The van der Waals surface area contributed by atoms with Crippen LogP contribution in [0.25, 0.3) is 0 Å². The van der Waals surface area contributed by atoms with Crippen LogP contribution in [0.5, 0.6) is 0 Å². The van der Waals surface area contributed by atoms with Crippen molar-refractivity contribution in [3.05, 3.63) is 28.8 Å². The smallest absolute Gasteiger partial charge is 0.219 e. The fraction of sp³-hybridized carbons (Fsp3) is 0.429. The van der Waals surface area contributed by atoms with E-state index in [1.165, 1.54) is 0 Å². The van der Waals surface area contributed by atoms with Gasteiger partial charge < -0.3 is 9.80 Å². The number of rotatable bonds is 2. The Bertz CT molecular complexity index is 490. The molecule has 0 N–H and O–H groups in total. The van der Waals surface area contributed by atoms with E-state index >= 15 is 0 Å². The van der Waals surface area contributed by atoms with Crippen LogP contribution in [0.2, 0.25) is 5.02 Å². The lowest BCUT2D eigenvalue weighted by atomic mass is 10.1. The molecule has 0 spiro atoms. The molecule has 5 heteroatoms. The third kappa shape index (κ3) is 3.07. The van der Waals surface area contributed by atoms with Gasteiger partial charge in [-0.05, 0) is 18.6 Å². The van der Waals surface area contributed by atoms with Crippen molar-refractivity contribution < 1.29 is 9.59 Å². The van der Waals surface area contributed by atoms with Gasteiger partial charge in [-0.1, -0.05) is 17.7 Å². The van der Waals surface area contributed by atoms with Gasteiger partial charge in [0.1, 0.15) is 0 Å². The van der Waals surface area contributed by atoms with Crippen LogP contribution in [-0.4, -0.2) is 43.3 Å². The second-order valence-corrected chi connectivity index (χ2v) is 5.05. The molecule has 102 valence electrons. The number of para-hydroxylation sites is 1. The van der Waals surface area contributed by atoms with Gasteiger partial charge in [-0.25, -0.2) is 0 Å². The predicted molar refractivity (Wildman–Crippen MR) is 75.9 cm³/mol. The molecule has 0 atom stereocenters. The molecule has 1 fully saturated rings. The first-order valence-electron chi connectivity index (χ1n) is 6.37. The topological polar surface area (TPSA) is 40.6 Å². The van der Waals surface area contributed by atoms with Crippen molar-refractivity contribution in [3.63, 3.8) is 0 Å². The highest BCUT2D eigenvalue weighted by Gasteiger charge is 2.20. The zero-order valence-electron chi connectivity index (χ0n) is 10.9. The monoisotopic (exact) mass is 280 g/mol. The number of benzene rings is 1. The Balaban J connectivity index is 2.23. The van der Waals surface area contributed by atoms with Crippen LogP contribution in [0.3, 0.4) is 0 Å². The number of nitrogens with zero attached hydrogens (tertiary/aromatic N) is 2. The van der Waals surface area contributed by atoms with E-state index < -0.39 is 0 Å². The fourth-order valence-electron chi connectivity index (χ4n) is 2.42. The Morgan fingerprint density at radius 1 is 1.26 bits per heavy atom. The Morgan fingerprint density at radius 2 is 2.05 bits per heavy atom. The molecular formula is C14H17ClN2O2. The van der Waals surface area contributed by atoms with Crippen LogP contribution in [0.4, 0.5) is 5.69 Å². The minimum absolute atomic E-state index is 0.0941. The van der Waals surface area contributed by atoms with E-state index in [1.807, 2.05) is 4.90 Å². The number of amides is 1. The van der Waals surface area contributed by atoms with Crippen molar-refractivity contribution in [1.82, 2.24) is 4.90 Å². The molecule has 0 aromatic heterocycles. The van der Waals surface area contributed by atoms with E-state index in [-0.39, 0.29) is 5.91 Å². The molecule has 0 bridgehead atoms. The van der Waals surface area contributed by atoms with Gasteiger partial charge in [0.15, 0.2) is 6.29 Å². The molecule has 0 radical (unpaired) electrons. The van der Waals surface area contributed by atoms with Crippen LogP contribution < -0.4 is 4.90 Å². The maximum atomic E-state index is 11.4. The summed E-state index contributed by atoms with van der Waals surface area (Å²) < 4.78 is 0. The highest BCUT2D eigenvalue weighted by Crippen LogP contribution is 2.29. The molecule has 1 saturated heterocycles. The van der Waals surface area contributed by atoms with Crippen LogP contribution in [0.15, 0.2) is 18.2 Å². The van der Waals surface area contributed by atoms with Crippen molar-refractivity contribution >= 4 is 29.5 Å². The van der Waals surface area contributed by atoms with Crippen molar-refractivity contribution in [2.24, 2.45) is 0 Å². The number of hydrogen-bond acceptors (Lipinski definition) is 3. The lowest BCUT2D eigenvalue weighted by molar-refractivity contribution is -0.128. The number of carbonyl (C=O) groups excluding carboxylic acids is 2. The summed E-state index contributed by atoms with van der Waals surface area (Å²) in [6, 6.07) is 5.33. The molecule has 2 rings (SSSR count). The van der Waals surface area contributed by atoms with E-state index in [2.05, 4.69) is 4.90 Å². The molecule has 1 heterocycles. The SMILES string of the molecule is CC(=O)N1CCCN(c2c(Cl)cccc2C=O)CC1. The molecule has 0 aliphatic carbocycles. The van der Waals surface area contributed by atoms with E-state index in [0.29, 0.717) is 23.7 Å². The summed E-state index contributed by atoms with van der Waals surface area (Å²) in [5.74, 6) is 0.0941. The van der Waals surface area contributed by atoms with E-state index in [1.54, 1.807) is 25.1 Å². The standard InChI is InChI=1S/C14H17ClN2O2/c1-11(19)16-6-3-7-17(9-8-16)14-12(10-18)4-2-5-13(14)15/h2,4-5,10H,3,6-9H2,1H3. The Hall–Kier alpha value is -1.55. The second-order valence-electron chi connectivity index (χ2n) is 4.64. The van der Waals surface area contributed by atoms with Crippen LogP contribution in [0, 0.1) is 0 Å². The summed E-state index contributed by atoms with van der Waals surface area (Å²) in [6.45, 7) is 4.51. The highest BCUT2D eigenvalue weighted by molar-refractivity contribution is 6.33. The van der Waals surface area contributed by atoms with Gasteiger partial charge in [0.2, 0.25) is 5.91 Å². The first-order chi connectivity index (χ1) is 9.13. The van der Waals surface area contributed by atoms with Crippen LogP contribution in [0.1, 0.15) is 23.7 Å². The van der Waals surface area contributed by atoms with Gasteiger partial charge in [0.25, 0.3) is 0 Å². The molecule has 1 aliphatic rings. The zero-order valence-corrected chi connectivity index (χ0v) is 11.7. The van der Waals surface area contributed by atoms with Gasteiger partial charge in [0.05, 0.1) is 10.7 Å². The lowest BCUT2D eigenvalue weighted by Crippen LogP contribution is -2.34. The van der Waals surface area contributed by atoms with Crippen molar-refractivity contribution in [1.29, 1.82) is 0 Å². The highest BCUT2D eigenvalue weighted by atomic mass is 35.5. The number of hydrogen-bond donors (Lipinski definition) is 0. The average molecular weight is 281 g/mol. The maximum absolute atomic E-state index is 11.4. The van der Waals surface area contributed by atoms with E-state index in [0.717, 1.165) is 31.5 Å². The zero-order chi connectivity index (χ0) is 13.8. The Labute approximate surface area is 117 Å². The third-order valence-electron chi connectivity index (χ3n) is 3.40. The summed E-state index contributed by atoms with van der Waals surface area (Å²) >= 11 is 6.21. The van der Waals surface area contributed by atoms with Gasteiger partial charge in [0, 0.05) is 38.7 Å². The number of aldehydes is 1. The molecular weight excluding hydrogens is 264 g/mol. The average Bonchev–Trinajstić information content (AvgIpc) is 2.64. The molecule has 19 heavy (non-hydrogen) atoms. The maximum Gasteiger partial charge on any atom is 0.219 e. The minimum Gasteiger partial charge on any atom is -0.368 e. The third-order valence-corrected chi connectivity index (χ3v) is 3.71. The van der Waals surface area contributed by atoms with Crippen molar-refractivity contribution in [3.8, 4) is 0 Å². The van der Waals surface area contributed by atoms with Gasteiger partial charge in [-0.15, -0.1) is 0 Å². The minimum atomic E-state index is 0.0941. The lowest BCUT2D eigenvalue weighted by Gasteiger charge is -2.25. The quantitative estimate of drug-likeness (QED) is 0.780. The first-order valence-corrected chi connectivity index (χ1v) is 6.75. The van der Waals surface area contributed by atoms with Crippen LogP contribution >= 0.6 is 11.6 Å². The largest absolute Gasteiger partial charge is 0.368 e. The molecule has 0 unspecified atom stereocenters. The molecule has 4 nitrogen and oxygen atoms in total. The van der Waals surface area contributed by atoms with Crippen LogP contribution in [-0.2, 0) is 4.79 Å². The van der Waals surface area contributed by atoms with Gasteiger partial charge >= 0.3 is 0 Å². The number of halogens is 1. The normalized spacial score (nSPS) is 16.1. The molecule has 0 saturated carbocycles. The molecule has 1 aliphatic heterocycles. The number of carbonyl (C=O) groups is 2. The Kier molecular flexibility index (Phi) is 4.43. The summed E-state index contributed by atoms with van der Waals surface area (Å²) in [6.07, 6.45) is 1.71. The summed E-state index contributed by atoms with van der Waals surface area (Å²) in [7, 11) is 0. The van der Waals surface area contributed by atoms with Gasteiger partial charge in [-0.2, -0.15) is 0 Å². The van der Waals surface area contributed by atoms with Crippen molar-refractivity contribution in [2.45, 2.75) is 13.3 Å². The summed E-state index contributed by atoms with van der Waals surface area (Å²) in [5, 5.41) is 0.584. The molecule has 1 aromatic rings. The second kappa shape index (κ2) is 6.06. The van der Waals surface area contributed by atoms with E-state index in [4.69, 9.17) is 11.6 Å². The summed E-state index contributed by atoms with van der Waals surface area (Å²) in [4.78, 5) is 26.5. The summed E-state index contributed by atoms with van der Waals surface area (Å²) in [5.41, 5.74) is 1.38. The molecule has 1 amide bonds. The van der Waals surface area contributed by atoms with Gasteiger partial charge in [-0.3, -0.25) is 9.59 Å². The fourth-order valence-corrected chi connectivity index (χ4v) is 2.72.